The van der Waals surface area contributed by atoms with Gasteiger partial charge in [0.15, 0.2) is 0 Å². The fourth-order valence-corrected chi connectivity index (χ4v) is 0.894. The van der Waals surface area contributed by atoms with E-state index in [1.54, 1.807) is 35.6 Å². The average molecular weight is 161 g/mol. The van der Waals surface area contributed by atoms with Crippen LogP contribution >= 0.6 is 0 Å². The van der Waals surface area contributed by atoms with Gasteiger partial charge in [-0.2, -0.15) is 0 Å². The fourth-order valence-electron chi connectivity index (χ4n) is 0.894. The van der Waals surface area contributed by atoms with Gasteiger partial charge in [0.2, 0.25) is 0 Å². The molecule has 0 aliphatic carbocycles. The van der Waals surface area contributed by atoms with E-state index < -0.39 is 0 Å². The Labute approximate surface area is 68.9 Å². The van der Waals surface area contributed by atoms with Crippen LogP contribution in [0, 0.1) is 0 Å². The molecule has 0 amide bonds. The second-order valence-corrected chi connectivity index (χ2v) is 2.32. The molecule has 0 spiro atoms. The van der Waals surface area contributed by atoms with E-state index in [1.165, 1.54) is 0 Å². The lowest BCUT2D eigenvalue weighted by atomic mass is 10.4. The van der Waals surface area contributed by atoms with Gasteiger partial charge >= 0.3 is 0 Å². The molecule has 5 heteroatoms. The highest BCUT2D eigenvalue weighted by atomic mass is 15.2. The third-order valence-corrected chi connectivity index (χ3v) is 1.45. The molecule has 2 heterocycles. The zero-order chi connectivity index (χ0) is 8.39. The van der Waals surface area contributed by atoms with Gasteiger partial charge in [0.25, 0.3) is 0 Å². The topological polar surface area (TPSA) is 69.6 Å². The summed E-state index contributed by atoms with van der Waals surface area (Å²) in [6, 6.07) is 3.48. The molecule has 2 aromatic rings. The van der Waals surface area contributed by atoms with Gasteiger partial charge in [-0.25, -0.2) is 4.98 Å². The Balaban J connectivity index is 2.48. The number of pyridine rings is 1. The van der Waals surface area contributed by atoms with E-state index >= 15 is 0 Å². The molecule has 0 radical (unpaired) electrons. The Kier molecular flexibility index (Phi) is 1.48. The minimum Gasteiger partial charge on any atom is -0.399 e. The molecule has 12 heavy (non-hydrogen) atoms. The Morgan fingerprint density at radius 2 is 2.00 bits per heavy atom. The van der Waals surface area contributed by atoms with Gasteiger partial charge in [-0.3, -0.25) is 4.57 Å². The molecular weight excluding hydrogens is 154 g/mol. The molecule has 5 nitrogen and oxygen atoms in total. The van der Waals surface area contributed by atoms with Gasteiger partial charge in [-0.15, -0.1) is 10.2 Å². The van der Waals surface area contributed by atoms with E-state index in [0.29, 0.717) is 5.69 Å². The maximum Gasteiger partial charge on any atom is 0.141 e. The van der Waals surface area contributed by atoms with Crippen molar-refractivity contribution in [3.8, 4) is 5.82 Å². The third-order valence-electron chi connectivity index (χ3n) is 1.45. The molecule has 0 unspecified atom stereocenters. The van der Waals surface area contributed by atoms with Crippen molar-refractivity contribution in [1.82, 2.24) is 19.7 Å². The summed E-state index contributed by atoms with van der Waals surface area (Å²) < 4.78 is 1.69. The number of hydrogen-bond donors (Lipinski definition) is 1. The van der Waals surface area contributed by atoms with Gasteiger partial charge in [0.1, 0.15) is 18.5 Å². The predicted octanol–water partition coefficient (Wildman–Crippen LogP) is 0.244. The van der Waals surface area contributed by atoms with Crippen molar-refractivity contribution in [1.29, 1.82) is 0 Å². The molecule has 0 atom stereocenters. The average Bonchev–Trinajstić information content (AvgIpc) is 2.56. The predicted molar refractivity (Wildman–Crippen MR) is 43.6 cm³/mol. The number of rotatable bonds is 1. The van der Waals surface area contributed by atoms with Crippen molar-refractivity contribution in [3.63, 3.8) is 0 Å². The van der Waals surface area contributed by atoms with Crippen LogP contribution in [0.1, 0.15) is 0 Å². The summed E-state index contributed by atoms with van der Waals surface area (Å²) in [6.07, 6.45) is 4.79. The summed E-state index contributed by atoms with van der Waals surface area (Å²) >= 11 is 0. The molecule has 0 fully saturated rings. The lowest BCUT2D eigenvalue weighted by molar-refractivity contribution is 0.992. The zero-order valence-corrected chi connectivity index (χ0v) is 6.25. The van der Waals surface area contributed by atoms with Gasteiger partial charge < -0.3 is 5.73 Å². The number of aromatic nitrogens is 4. The van der Waals surface area contributed by atoms with Crippen LogP contribution in [-0.2, 0) is 0 Å². The molecule has 2 aromatic heterocycles. The third kappa shape index (κ3) is 1.12. The normalized spacial score (nSPS) is 10.0. The number of anilines is 1. The van der Waals surface area contributed by atoms with E-state index in [2.05, 4.69) is 15.2 Å². The highest BCUT2D eigenvalue weighted by molar-refractivity contribution is 5.42. The van der Waals surface area contributed by atoms with Crippen LogP contribution in [0.5, 0.6) is 0 Å². The summed E-state index contributed by atoms with van der Waals surface area (Å²) in [5.41, 5.74) is 6.25. The van der Waals surface area contributed by atoms with Crippen molar-refractivity contribution in [2.24, 2.45) is 0 Å². The van der Waals surface area contributed by atoms with Crippen LogP contribution < -0.4 is 5.73 Å². The van der Waals surface area contributed by atoms with Crippen LogP contribution in [0.4, 0.5) is 5.69 Å². The standard InChI is InChI=1S/C7H7N5/c8-6-1-2-9-7(3-6)12-4-10-11-5-12/h1-5H,(H2,8,9). The monoisotopic (exact) mass is 161 g/mol. The SMILES string of the molecule is Nc1ccnc(-n2cnnc2)c1. The van der Waals surface area contributed by atoms with Crippen molar-refractivity contribution in [2.75, 3.05) is 5.73 Å². The highest BCUT2D eigenvalue weighted by Gasteiger charge is 1.96. The van der Waals surface area contributed by atoms with Crippen LogP contribution in [0.15, 0.2) is 31.0 Å². The van der Waals surface area contributed by atoms with E-state index in [9.17, 15) is 0 Å². The Morgan fingerprint density at radius 1 is 1.25 bits per heavy atom. The van der Waals surface area contributed by atoms with Crippen molar-refractivity contribution >= 4 is 5.69 Å². The van der Waals surface area contributed by atoms with E-state index in [4.69, 9.17) is 5.73 Å². The first-order valence-corrected chi connectivity index (χ1v) is 3.43. The van der Waals surface area contributed by atoms with Crippen LogP contribution in [-0.4, -0.2) is 19.7 Å². The molecule has 0 saturated carbocycles. The summed E-state index contributed by atoms with van der Waals surface area (Å²) in [5.74, 6) is 0.722. The quantitative estimate of drug-likeness (QED) is 0.650. The molecular formula is C7H7N5. The lowest BCUT2D eigenvalue weighted by Gasteiger charge is -1.99. The van der Waals surface area contributed by atoms with Crippen LogP contribution in [0.2, 0.25) is 0 Å². The van der Waals surface area contributed by atoms with E-state index in [-0.39, 0.29) is 0 Å². The second kappa shape index (κ2) is 2.61. The molecule has 2 rings (SSSR count). The maximum atomic E-state index is 5.57. The molecule has 60 valence electrons. The minimum absolute atomic E-state index is 0.675. The summed E-state index contributed by atoms with van der Waals surface area (Å²) in [7, 11) is 0. The van der Waals surface area contributed by atoms with Crippen molar-refractivity contribution in [2.45, 2.75) is 0 Å². The number of hydrogen-bond acceptors (Lipinski definition) is 4. The largest absolute Gasteiger partial charge is 0.399 e. The van der Waals surface area contributed by atoms with Gasteiger partial charge in [0.05, 0.1) is 0 Å². The minimum atomic E-state index is 0.675. The van der Waals surface area contributed by atoms with E-state index in [0.717, 1.165) is 5.82 Å². The second-order valence-electron chi connectivity index (χ2n) is 2.32. The molecule has 0 saturated heterocycles. The maximum absolute atomic E-state index is 5.57. The number of nitrogens with zero attached hydrogens (tertiary/aromatic N) is 4. The Morgan fingerprint density at radius 3 is 2.67 bits per heavy atom. The molecule has 0 bridgehead atoms. The molecule has 2 N–H and O–H groups in total. The van der Waals surface area contributed by atoms with Crippen molar-refractivity contribution in [3.05, 3.63) is 31.0 Å². The number of nitrogens with two attached hydrogens (primary N) is 1. The Hall–Kier alpha value is -1.91. The lowest BCUT2D eigenvalue weighted by Crippen LogP contribution is -1.95. The first-order valence-electron chi connectivity index (χ1n) is 3.43. The summed E-state index contributed by atoms with van der Waals surface area (Å²) in [4.78, 5) is 4.08. The zero-order valence-electron chi connectivity index (χ0n) is 6.25. The first kappa shape index (κ1) is 6.78. The molecule has 0 aliphatic rings. The van der Waals surface area contributed by atoms with Gasteiger partial charge in [-0.05, 0) is 6.07 Å². The number of nitrogen functional groups attached to an aromatic ring is 1. The highest BCUT2D eigenvalue weighted by Crippen LogP contribution is 2.06. The van der Waals surface area contributed by atoms with Crippen molar-refractivity contribution < 1.29 is 0 Å². The first-order chi connectivity index (χ1) is 5.86. The molecule has 0 aromatic carbocycles. The van der Waals surface area contributed by atoms with Crippen LogP contribution in [0.25, 0.3) is 5.82 Å². The summed E-state index contributed by atoms with van der Waals surface area (Å²) in [5, 5.41) is 7.32. The van der Waals surface area contributed by atoms with E-state index in [1.807, 2.05) is 0 Å². The smallest absolute Gasteiger partial charge is 0.141 e. The van der Waals surface area contributed by atoms with Gasteiger partial charge in [-0.1, -0.05) is 0 Å². The fraction of sp³-hybridized carbons (Fsp3) is 0. The van der Waals surface area contributed by atoms with Crippen LogP contribution in [0.3, 0.4) is 0 Å². The molecule has 0 aliphatic heterocycles. The summed E-state index contributed by atoms with van der Waals surface area (Å²) in [6.45, 7) is 0. The van der Waals surface area contributed by atoms with Gasteiger partial charge in [0, 0.05) is 18.0 Å². The Bertz CT molecular complexity index is 367.